The van der Waals surface area contributed by atoms with E-state index < -0.39 is 23.1 Å². The zero-order valence-electron chi connectivity index (χ0n) is 14.4. The lowest BCUT2D eigenvalue weighted by molar-refractivity contribution is 0.0863. The molecular weight excluding hydrogens is 354 g/mol. The molecule has 0 spiro atoms. The summed E-state index contributed by atoms with van der Waals surface area (Å²) in [5.74, 6) is -2.88. The SMILES string of the molecule is Cc1cccc(COn2cccc(C(=O)Nc3ccc(F)c(F)c3)c2=O)c1. The molecule has 0 aliphatic rings. The highest BCUT2D eigenvalue weighted by molar-refractivity contribution is 6.03. The van der Waals surface area contributed by atoms with Crippen molar-refractivity contribution < 1.29 is 18.4 Å². The van der Waals surface area contributed by atoms with Crippen LogP contribution in [0.5, 0.6) is 0 Å². The number of carbonyl (C=O) groups is 1. The van der Waals surface area contributed by atoms with E-state index in [2.05, 4.69) is 5.32 Å². The number of anilines is 1. The Morgan fingerprint density at radius 1 is 1.07 bits per heavy atom. The Bertz CT molecular complexity index is 1050. The Labute approximate surface area is 153 Å². The van der Waals surface area contributed by atoms with Gasteiger partial charge in [0.25, 0.3) is 11.5 Å². The second-order valence-corrected chi connectivity index (χ2v) is 5.90. The summed E-state index contributed by atoms with van der Waals surface area (Å²) < 4.78 is 27.2. The third kappa shape index (κ3) is 4.38. The van der Waals surface area contributed by atoms with Gasteiger partial charge in [-0.15, -0.1) is 0 Å². The molecule has 1 aromatic heterocycles. The number of rotatable bonds is 5. The molecule has 0 bridgehead atoms. The number of hydrogen-bond acceptors (Lipinski definition) is 3. The molecule has 138 valence electrons. The van der Waals surface area contributed by atoms with Crippen LogP contribution in [0.2, 0.25) is 0 Å². The van der Waals surface area contributed by atoms with Gasteiger partial charge in [0.05, 0.1) is 0 Å². The van der Waals surface area contributed by atoms with Gasteiger partial charge < -0.3 is 10.2 Å². The predicted molar refractivity (Wildman–Crippen MR) is 96.5 cm³/mol. The molecule has 27 heavy (non-hydrogen) atoms. The summed E-state index contributed by atoms with van der Waals surface area (Å²) in [7, 11) is 0. The summed E-state index contributed by atoms with van der Waals surface area (Å²) in [6.45, 7) is 2.09. The van der Waals surface area contributed by atoms with Crippen LogP contribution in [0.3, 0.4) is 0 Å². The van der Waals surface area contributed by atoms with Gasteiger partial charge in [-0.1, -0.05) is 29.8 Å². The van der Waals surface area contributed by atoms with E-state index in [4.69, 9.17) is 4.84 Å². The summed E-state index contributed by atoms with van der Waals surface area (Å²) in [4.78, 5) is 30.2. The largest absolute Gasteiger partial charge is 0.406 e. The number of nitrogens with zero attached hydrogens (tertiary/aromatic N) is 1. The fourth-order valence-electron chi connectivity index (χ4n) is 2.47. The van der Waals surface area contributed by atoms with Crippen molar-refractivity contribution in [3.63, 3.8) is 0 Å². The van der Waals surface area contributed by atoms with Crippen LogP contribution < -0.4 is 15.7 Å². The number of halogens is 2. The van der Waals surface area contributed by atoms with E-state index in [-0.39, 0.29) is 17.9 Å². The smallest absolute Gasteiger partial charge is 0.295 e. The van der Waals surface area contributed by atoms with Crippen molar-refractivity contribution in [2.45, 2.75) is 13.5 Å². The molecule has 5 nitrogen and oxygen atoms in total. The number of benzene rings is 2. The fraction of sp³-hybridized carbons (Fsp3) is 0.100. The van der Waals surface area contributed by atoms with Gasteiger partial charge in [0.1, 0.15) is 12.2 Å². The number of carbonyl (C=O) groups excluding carboxylic acids is 1. The van der Waals surface area contributed by atoms with E-state index in [0.29, 0.717) is 0 Å². The minimum atomic E-state index is -1.10. The molecular formula is C20H16F2N2O3. The number of aryl methyl sites for hydroxylation is 1. The van der Waals surface area contributed by atoms with E-state index in [1.54, 1.807) is 0 Å². The predicted octanol–water partition coefficient (Wildman–Crippen LogP) is 3.32. The van der Waals surface area contributed by atoms with Crippen molar-refractivity contribution >= 4 is 11.6 Å². The van der Waals surface area contributed by atoms with Crippen LogP contribution in [-0.4, -0.2) is 10.6 Å². The number of pyridine rings is 1. The van der Waals surface area contributed by atoms with E-state index in [9.17, 15) is 18.4 Å². The van der Waals surface area contributed by atoms with Gasteiger partial charge in [0.15, 0.2) is 11.6 Å². The molecule has 2 aromatic carbocycles. The lowest BCUT2D eigenvalue weighted by Crippen LogP contribution is -2.32. The number of amides is 1. The Kier molecular flexibility index (Phi) is 5.30. The van der Waals surface area contributed by atoms with Crippen molar-refractivity contribution in [2.75, 3.05) is 5.32 Å². The average Bonchev–Trinajstić information content (AvgIpc) is 2.64. The first-order valence-corrected chi connectivity index (χ1v) is 8.11. The van der Waals surface area contributed by atoms with Crippen LogP contribution in [0, 0.1) is 18.6 Å². The molecule has 7 heteroatoms. The maximum Gasteiger partial charge on any atom is 0.295 e. The second kappa shape index (κ2) is 7.82. The highest BCUT2D eigenvalue weighted by atomic mass is 19.2. The Morgan fingerprint density at radius 3 is 2.63 bits per heavy atom. The maximum absolute atomic E-state index is 13.3. The highest BCUT2D eigenvalue weighted by Crippen LogP contribution is 2.13. The zero-order chi connectivity index (χ0) is 19.4. The summed E-state index contributed by atoms with van der Waals surface area (Å²) in [6.07, 6.45) is 1.40. The third-order valence-corrected chi connectivity index (χ3v) is 3.79. The monoisotopic (exact) mass is 370 g/mol. The van der Waals surface area contributed by atoms with Gasteiger partial charge in [0.2, 0.25) is 0 Å². The molecule has 1 heterocycles. The zero-order valence-corrected chi connectivity index (χ0v) is 14.4. The Hall–Kier alpha value is -3.48. The molecule has 0 saturated heterocycles. The standard InChI is InChI=1S/C20H16F2N2O3/c1-13-4-2-5-14(10-13)12-27-24-9-3-6-16(20(24)26)19(25)23-15-7-8-17(21)18(22)11-15/h2-11H,12H2,1H3,(H,23,25). The summed E-state index contributed by atoms with van der Waals surface area (Å²) >= 11 is 0. The highest BCUT2D eigenvalue weighted by Gasteiger charge is 2.14. The van der Waals surface area contributed by atoms with Crippen molar-refractivity contribution in [3.05, 3.63) is 99.5 Å². The molecule has 3 aromatic rings. The minimum absolute atomic E-state index is 0.0365. The maximum atomic E-state index is 13.3. The van der Waals surface area contributed by atoms with Crippen LogP contribution in [-0.2, 0) is 6.61 Å². The average molecular weight is 370 g/mol. The Balaban J connectivity index is 1.76. The van der Waals surface area contributed by atoms with E-state index in [0.717, 1.165) is 28.0 Å². The first kappa shape index (κ1) is 18.3. The molecule has 3 rings (SSSR count). The quantitative estimate of drug-likeness (QED) is 0.750. The van der Waals surface area contributed by atoms with Crippen molar-refractivity contribution in [1.29, 1.82) is 0 Å². The molecule has 0 aliphatic carbocycles. The number of aromatic nitrogens is 1. The fourth-order valence-corrected chi connectivity index (χ4v) is 2.47. The van der Waals surface area contributed by atoms with Gasteiger partial charge in [-0.05, 0) is 36.8 Å². The molecule has 0 atom stereocenters. The number of nitrogens with one attached hydrogen (secondary N) is 1. The molecule has 1 N–H and O–H groups in total. The van der Waals surface area contributed by atoms with Crippen molar-refractivity contribution in [2.24, 2.45) is 0 Å². The van der Waals surface area contributed by atoms with Crippen molar-refractivity contribution in [3.8, 4) is 0 Å². The summed E-state index contributed by atoms with van der Waals surface area (Å²) in [5, 5.41) is 2.36. The lowest BCUT2D eigenvalue weighted by Gasteiger charge is -2.10. The normalized spacial score (nSPS) is 10.5. The molecule has 1 amide bonds. The molecule has 0 unspecified atom stereocenters. The van der Waals surface area contributed by atoms with Crippen molar-refractivity contribution in [1.82, 2.24) is 4.73 Å². The van der Waals surface area contributed by atoms with Crippen LogP contribution >= 0.6 is 0 Å². The molecule has 0 saturated carbocycles. The second-order valence-electron chi connectivity index (χ2n) is 5.90. The molecule has 0 aliphatic heterocycles. The molecule has 0 radical (unpaired) electrons. The van der Waals surface area contributed by atoms with Gasteiger partial charge in [0, 0.05) is 18.0 Å². The number of hydrogen-bond donors (Lipinski definition) is 1. The summed E-state index contributed by atoms with van der Waals surface area (Å²) in [5.41, 5.74) is 1.12. The van der Waals surface area contributed by atoms with E-state index in [1.807, 2.05) is 31.2 Å². The van der Waals surface area contributed by atoms with Crippen LogP contribution in [0.25, 0.3) is 0 Å². The lowest BCUT2D eigenvalue weighted by atomic mass is 10.1. The van der Waals surface area contributed by atoms with Crippen LogP contribution in [0.4, 0.5) is 14.5 Å². The first-order chi connectivity index (χ1) is 12.9. The van der Waals surface area contributed by atoms with Gasteiger partial charge in [-0.3, -0.25) is 9.59 Å². The minimum Gasteiger partial charge on any atom is -0.406 e. The van der Waals surface area contributed by atoms with Gasteiger partial charge in [-0.25, -0.2) is 8.78 Å². The first-order valence-electron chi connectivity index (χ1n) is 8.11. The summed E-state index contributed by atoms with van der Waals surface area (Å²) in [6, 6.07) is 13.3. The van der Waals surface area contributed by atoms with Gasteiger partial charge >= 0.3 is 0 Å². The molecule has 0 fully saturated rings. The van der Waals surface area contributed by atoms with Crippen LogP contribution in [0.15, 0.2) is 65.6 Å². The Morgan fingerprint density at radius 2 is 1.89 bits per heavy atom. The van der Waals surface area contributed by atoms with Crippen LogP contribution in [0.1, 0.15) is 21.5 Å². The van der Waals surface area contributed by atoms with E-state index in [1.165, 1.54) is 24.4 Å². The van der Waals surface area contributed by atoms with Gasteiger partial charge in [-0.2, -0.15) is 4.73 Å². The van der Waals surface area contributed by atoms with E-state index >= 15 is 0 Å². The third-order valence-electron chi connectivity index (χ3n) is 3.79. The topological polar surface area (TPSA) is 60.3 Å².